The van der Waals surface area contributed by atoms with Crippen LogP contribution in [0, 0.1) is 5.82 Å². The van der Waals surface area contributed by atoms with Crippen LogP contribution in [0.3, 0.4) is 0 Å². The summed E-state index contributed by atoms with van der Waals surface area (Å²) in [6.45, 7) is 3.02. The number of methoxy groups -OCH3 is 1. The third-order valence-corrected chi connectivity index (χ3v) is 3.69. The van der Waals surface area contributed by atoms with Crippen LogP contribution < -0.4 is 15.4 Å². The normalized spacial score (nSPS) is 10.6. The lowest BCUT2D eigenvalue weighted by molar-refractivity contribution is -0.121. The zero-order valence-corrected chi connectivity index (χ0v) is 14.8. The largest absolute Gasteiger partial charge is 0.494 e. The van der Waals surface area contributed by atoms with Crippen LogP contribution in [0.25, 0.3) is 0 Å². The number of imide groups is 1. The molecule has 0 saturated heterocycles. The Labute approximate surface area is 151 Å². The van der Waals surface area contributed by atoms with Crippen LogP contribution in [0.1, 0.15) is 18.2 Å². The van der Waals surface area contributed by atoms with Crippen molar-refractivity contribution in [1.29, 1.82) is 0 Å². The molecule has 1 heterocycles. The number of halogens is 1. The molecule has 1 aromatic heterocycles. The molecule has 0 unspecified atom stereocenters. The number of carbonyl (C=O) groups excluding carboxylic acids is 2. The minimum absolute atomic E-state index is 0.0122. The molecule has 26 heavy (non-hydrogen) atoms. The predicted octanol–water partition coefficient (Wildman–Crippen LogP) is 2.28. The molecule has 140 valence electrons. The van der Waals surface area contributed by atoms with Gasteiger partial charge in [0.15, 0.2) is 11.6 Å². The monoisotopic (exact) mass is 363 g/mol. The van der Waals surface area contributed by atoms with Crippen LogP contribution in [-0.4, -0.2) is 37.0 Å². The molecule has 0 aliphatic heterocycles. The fraction of sp³-hybridized carbons (Fsp3) is 0.333. The Kier molecular flexibility index (Phi) is 7.16. The van der Waals surface area contributed by atoms with Crippen LogP contribution >= 0.6 is 0 Å². The number of hydrogen-bond acceptors (Lipinski definition) is 5. The van der Waals surface area contributed by atoms with Crippen molar-refractivity contribution in [3.05, 3.63) is 53.7 Å². The first-order chi connectivity index (χ1) is 12.5. The SMILES string of the molecule is CCN(CC(=O)NC(=O)NCc1ccco1)Cc1ccc(OC)c(F)c1. The van der Waals surface area contributed by atoms with Gasteiger partial charge >= 0.3 is 6.03 Å². The molecule has 2 aromatic rings. The van der Waals surface area contributed by atoms with E-state index in [4.69, 9.17) is 9.15 Å². The van der Waals surface area contributed by atoms with Crippen molar-refractivity contribution < 1.29 is 23.1 Å². The van der Waals surface area contributed by atoms with Crippen molar-refractivity contribution >= 4 is 11.9 Å². The molecular weight excluding hydrogens is 341 g/mol. The number of nitrogens with one attached hydrogen (secondary N) is 2. The highest BCUT2D eigenvalue weighted by molar-refractivity contribution is 5.95. The Balaban J connectivity index is 1.81. The fourth-order valence-corrected chi connectivity index (χ4v) is 2.34. The second kappa shape index (κ2) is 9.57. The van der Waals surface area contributed by atoms with E-state index in [1.807, 2.05) is 6.92 Å². The Morgan fingerprint density at radius 3 is 2.73 bits per heavy atom. The smallest absolute Gasteiger partial charge is 0.321 e. The number of nitrogens with zero attached hydrogens (tertiary/aromatic N) is 1. The van der Waals surface area contributed by atoms with E-state index in [0.717, 1.165) is 0 Å². The van der Waals surface area contributed by atoms with Gasteiger partial charge in [0, 0.05) is 6.54 Å². The first-order valence-electron chi connectivity index (χ1n) is 8.16. The maximum absolute atomic E-state index is 13.8. The van der Waals surface area contributed by atoms with Gasteiger partial charge in [0.2, 0.25) is 5.91 Å². The predicted molar refractivity (Wildman–Crippen MR) is 93.0 cm³/mol. The first-order valence-corrected chi connectivity index (χ1v) is 8.16. The highest BCUT2D eigenvalue weighted by Crippen LogP contribution is 2.18. The molecule has 2 N–H and O–H groups in total. The van der Waals surface area contributed by atoms with Gasteiger partial charge in [-0.2, -0.15) is 0 Å². The number of ether oxygens (including phenoxy) is 1. The third-order valence-electron chi connectivity index (χ3n) is 3.69. The summed E-state index contributed by atoms with van der Waals surface area (Å²) in [5.74, 6) is -0.146. The summed E-state index contributed by atoms with van der Waals surface area (Å²) < 4.78 is 23.7. The standard InChI is InChI=1S/C18H22FN3O4/c1-3-22(11-13-6-7-16(25-2)15(19)9-13)12-17(23)21-18(24)20-10-14-5-4-8-26-14/h4-9H,3,10-12H2,1-2H3,(H2,20,21,23,24). The maximum atomic E-state index is 13.8. The van der Waals surface area contributed by atoms with Crippen molar-refractivity contribution in [3.63, 3.8) is 0 Å². The van der Waals surface area contributed by atoms with Crippen LogP contribution in [-0.2, 0) is 17.9 Å². The Bertz CT molecular complexity index is 734. The van der Waals surface area contributed by atoms with Gasteiger partial charge < -0.3 is 14.5 Å². The van der Waals surface area contributed by atoms with Crippen LogP contribution in [0.2, 0.25) is 0 Å². The summed E-state index contributed by atoms with van der Waals surface area (Å²) in [4.78, 5) is 25.5. The number of rotatable bonds is 8. The topological polar surface area (TPSA) is 83.8 Å². The average Bonchev–Trinajstić information content (AvgIpc) is 3.13. The zero-order valence-electron chi connectivity index (χ0n) is 14.8. The highest BCUT2D eigenvalue weighted by atomic mass is 19.1. The number of hydrogen-bond donors (Lipinski definition) is 2. The van der Waals surface area contributed by atoms with Crippen LogP contribution in [0.5, 0.6) is 5.75 Å². The number of likely N-dealkylation sites (N-methyl/N-ethyl adjacent to an activating group) is 1. The summed E-state index contributed by atoms with van der Waals surface area (Å²) >= 11 is 0. The van der Waals surface area contributed by atoms with Gasteiger partial charge in [0.25, 0.3) is 0 Å². The van der Waals surface area contributed by atoms with Crippen LogP contribution in [0.4, 0.5) is 9.18 Å². The van der Waals surface area contributed by atoms with E-state index in [1.165, 1.54) is 19.4 Å². The molecule has 0 fully saturated rings. The molecule has 3 amide bonds. The Morgan fingerprint density at radius 2 is 2.12 bits per heavy atom. The molecule has 0 saturated carbocycles. The summed E-state index contributed by atoms with van der Waals surface area (Å²) in [5, 5.41) is 4.79. The van der Waals surface area contributed by atoms with E-state index in [-0.39, 0.29) is 18.8 Å². The Morgan fingerprint density at radius 1 is 1.31 bits per heavy atom. The highest BCUT2D eigenvalue weighted by Gasteiger charge is 2.14. The molecule has 7 nitrogen and oxygen atoms in total. The van der Waals surface area contributed by atoms with Gasteiger partial charge in [-0.25, -0.2) is 9.18 Å². The van der Waals surface area contributed by atoms with E-state index in [0.29, 0.717) is 24.4 Å². The molecule has 1 aromatic carbocycles. The van der Waals surface area contributed by atoms with Crippen molar-refractivity contribution in [2.24, 2.45) is 0 Å². The summed E-state index contributed by atoms with van der Waals surface area (Å²) in [7, 11) is 1.40. The lowest BCUT2D eigenvalue weighted by atomic mass is 10.2. The van der Waals surface area contributed by atoms with Gasteiger partial charge in [-0.3, -0.25) is 15.0 Å². The molecule has 2 rings (SSSR count). The number of urea groups is 1. The minimum atomic E-state index is -0.599. The van der Waals surface area contributed by atoms with E-state index in [1.54, 1.807) is 29.2 Å². The van der Waals surface area contributed by atoms with Crippen molar-refractivity contribution in [3.8, 4) is 5.75 Å². The lowest BCUT2D eigenvalue weighted by Gasteiger charge is -2.20. The minimum Gasteiger partial charge on any atom is -0.494 e. The van der Waals surface area contributed by atoms with Gasteiger partial charge in [-0.15, -0.1) is 0 Å². The maximum Gasteiger partial charge on any atom is 0.321 e. The average molecular weight is 363 g/mol. The van der Waals surface area contributed by atoms with E-state index in [2.05, 4.69) is 10.6 Å². The molecule has 0 radical (unpaired) electrons. The second-order valence-corrected chi connectivity index (χ2v) is 5.58. The zero-order chi connectivity index (χ0) is 18.9. The first kappa shape index (κ1) is 19.5. The van der Waals surface area contributed by atoms with Gasteiger partial charge in [0.05, 0.1) is 26.5 Å². The molecular formula is C18H22FN3O4. The number of amides is 3. The molecule has 0 aliphatic rings. The molecule has 0 bridgehead atoms. The van der Waals surface area contributed by atoms with Crippen molar-refractivity contribution in [2.75, 3.05) is 20.2 Å². The fourth-order valence-electron chi connectivity index (χ4n) is 2.34. The number of furan rings is 1. The molecule has 0 aliphatic carbocycles. The van der Waals surface area contributed by atoms with Gasteiger partial charge in [-0.05, 0) is 36.4 Å². The van der Waals surface area contributed by atoms with Gasteiger partial charge in [-0.1, -0.05) is 13.0 Å². The van der Waals surface area contributed by atoms with Crippen molar-refractivity contribution in [2.45, 2.75) is 20.0 Å². The van der Waals surface area contributed by atoms with E-state index < -0.39 is 17.8 Å². The van der Waals surface area contributed by atoms with E-state index in [9.17, 15) is 14.0 Å². The summed E-state index contributed by atoms with van der Waals surface area (Å²) in [6.07, 6.45) is 1.50. The van der Waals surface area contributed by atoms with Crippen molar-refractivity contribution in [1.82, 2.24) is 15.5 Å². The molecule has 0 atom stereocenters. The summed E-state index contributed by atoms with van der Waals surface area (Å²) in [5.41, 5.74) is 0.709. The Hall–Kier alpha value is -2.87. The number of benzene rings is 1. The third kappa shape index (κ3) is 5.89. The van der Waals surface area contributed by atoms with Crippen LogP contribution in [0.15, 0.2) is 41.0 Å². The second-order valence-electron chi connectivity index (χ2n) is 5.58. The van der Waals surface area contributed by atoms with E-state index >= 15 is 0 Å². The molecule has 8 heteroatoms. The quantitative estimate of drug-likeness (QED) is 0.752. The number of carbonyl (C=O) groups is 2. The molecule has 0 spiro atoms. The lowest BCUT2D eigenvalue weighted by Crippen LogP contribution is -2.44. The van der Waals surface area contributed by atoms with Gasteiger partial charge in [0.1, 0.15) is 5.76 Å². The summed E-state index contributed by atoms with van der Waals surface area (Å²) in [6, 6.07) is 7.48.